The number of halogens is 8. The van der Waals surface area contributed by atoms with Crippen LogP contribution in [0.5, 0.6) is 11.8 Å². The van der Waals surface area contributed by atoms with E-state index in [1.165, 1.54) is 9.80 Å². The molecule has 14 rings (SSSR count). The number of ether oxygens (including phenoxy) is 2. The molecule has 4 aromatic carbocycles. The van der Waals surface area contributed by atoms with Crippen LogP contribution in [0.15, 0.2) is 134 Å². The van der Waals surface area contributed by atoms with Crippen LogP contribution < -0.4 is 40.6 Å². The number of hydrogen-bond donors (Lipinski definition) is 7. The van der Waals surface area contributed by atoms with E-state index in [1.54, 1.807) is 38.4 Å². The molecule has 4 aliphatic carbocycles. The Morgan fingerprint density at radius 1 is 0.587 bits per heavy atom. The number of anilines is 2. The van der Waals surface area contributed by atoms with E-state index >= 15 is 0 Å². The van der Waals surface area contributed by atoms with E-state index in [2.05, 4.69) is 36.0 Å². The van der Waals surface area contributed by atoms with Crippen molar-refractivity contribution in [2.75, 3.05) is 23.7 Å². The average Bonchev–Trinajstić information content (AvgIpc) is 1.53. The number of carbonyl (C=O) groups is 6. The zero-order valence-electron chi connectivity index (χ0n) is 59.5. The van der Waals surface area contributed by atoms with Crippen molar-refractivity contribution in [2.45, 2.75) is 199 Å². The number of pyridine rings is 2. The number of nitrogens with two attached hydrogens (primary N) is 1. The normalized spacial score (nSPS) is 27.5. The molecule has 0 spiro atoms. The molecule has 109 heavy (non-hydrogen) atoms. The van der Waals surface area contributed by atoms with E-state index in [4.69, 9.17) is 14.6 Å². The van der Waals surface area contributed by atoms with E-state index in [9.17, 15) is 85.8 Å². The van der Waals surface area contributed by atoms with E-state index in [0.717, 1.165) is 47.6 Å². The Kier molecular flexibility index (Phi) is 22.6. The molecule has 10 atom stereocenters. The number of carboxylic acids is 1. The lowest BCUT2D eigenvalue weighted by atomic mass is 10.0. The molecule has 8 N–H and O–H groups in total. The minimum absolute atomic E-state index is 0.0279. The number of primary sulfonamides is 1. The zero-order chi connectivity index (χ0) is 78.2. The lowest BCUT2D eigenvalue weighted by molar-refractivity contribution is -0.145. The predicted octanol–water partition coefficient (Wildman–Crippen LogP) is 11.1. The van der Waals surface area contributed by atoms with Crippen molar-refractivity contribution in [2.24, 2.45) is 17.0 Å². The van der Waals surface area contributed by atoms with Gasteiger partial charge in [-0.2, -0.15) is 26.3 Å². The molecule has 8 aliphatic rings. The van der Waals surface area contributed by atoms with Crippen molar-refractivity contribution in [3.05, 3.63) is 157 Å². The molecular weight excluding hydrogens is 1480 g/mol. The monoisotopic (exact) mass is 1560 g/mol. The molecular formula is C76H84F8N10O13S2. The minimum atomic E-state index is -4.97. The number of hydrogen-bond acceptors (Lipinski definition) is 16. The fourth-order valence-corrected chi connectivity index (χ4v) is 16.3. The molecule has 6 heterocycles. The van der Waals surface area contributed by atoms with E-state index in [0.29, 0.717) is 93.3 Å². The lowest BCUT2D eigenvalue weighted by Crippen LogP contribution is -2.58. The fourth-order valence-electron chi connectivity index (χ4n) is 14.3. The van der Waals surface area contributed by atoms with Crippen molar-refractivity contribution in [3.8, 4) is 11.8 Å². The third-order valence-electron chi connectivity index (χ3n) is 21.8. The standard InChI is InChI=1S/C38H41F4N5O6S.C34H34F4N4O5.C4H9NO2S/c1-36(16-17-36)54(51,52)46-35(50)37-21-24(37)10-5-3-2-4-6-12-30(44-25-13-14-29(39)28(19-25)38(40,41)42)34(49)47-22-26(20-31(47)32(48)45-37)53-33-27-11-8-7-9-23(27)15-18-43-33;35-26-13-12-22(16-25(26)34(36,37)38)40-27-11-5-3-1-2-4-9-21-18-33(21,32(45)46)41-29(43)28-17-23(19-42(28)31(27)44)47-30-24-10-7-6-8-20(24)14-15-39-30;1-4(2-3-4)8(5,6)7/h5,7-11,13-15,18-19,24,26,30-31,44H,2-4,6,12,16-17,20-22H2,1H3,(H,45,48)(H,46,50);4,6-10,12-16,21,23,27-28,40H,1-3,5,11,17-19H2,(H,41,43)(H,45,46);2-3H2,1H3,(H2,5,6,7)/b10-5-;9-4-;/t24-,26-,30+,31+,37-;21-,23-,27+,28+,33-;/m11./s1. The molecule has 584 valence electrons. The SMILES string of the molecule is CC1(S(=O)(=O)NC(=O)[C@@]23C[C@H]2/C=C\CCCCC[C@H](Nc2ccc(F)c(C(F)(F)F)c2)C(=O)N2C[C@H](Oc4nccc5ccccc45)C[C@H]2C(=O)N3)CC1.CC1(S(N)(=O)=O)CC1.O=C1N[C@]2(C(=O)O)C[C@H]2/C=C\CCCCC[C@H](Nc2ccc(F)c(C(F)(F)F)c2)C(=O)N2C[C@H](Oc3nccc4ccccc34)C[C@@H]12. The van der Waals surface area contributed by atoms with Gasteiger partial charge in [0.25, 0.3) is 5.91 Å². The molecule has 23 nitrogen and oxygen atoms in total. The topological polar surface area (TPSA) is 328 Å². The molecule has 6 fully saturated rings. The third-order valence-corrected chi connectivity index (χ3v) is 25.7. The van der Waals surface area contributed by atoms with Crippen LogP contribution in [0.1, 0.15) is 141 Å². The summed E-state index contributed by atoms with van der Waals surface area (Å²) in [5.74, 6) is -7.79. The van der Waals surface area contributed by atoms with Gasteiger partial charge in [0.15, 0.2) is 0 Å². The van der Waals surface area contributed by atoms with Gasteiger partial charge in [-0.15, -0.1) is 0 Å². The van der Waals surface area contributed by atoms with Gasteiger partial charge in [-0.05, 0) is 162 Å². The summed E-state index contributed by atoms with van der Waals surface area (Å²) in [4.78, 5) is 94.5. The van der Waals surface area contributed by atoms with Crippen LogP contribution in [0.3, 0.4) is 0 Å². The van der Waals surface area contributed by atoms with E-state index in [-0.39, 0.29) is 68.9 Å². The van der Waals surface area contributed by atoms with Crippen LogP contribution in [0.2, 0.25) is 0 Å². The maximum Gasteiger partial charge on any atom is 0.419 e. The first-order valence-electron chi connectivity index (χ1n) is 36.2. The maximum absolute atomic E-state index is 14.5. The average molecular weight is 1560 g/mol. The maximum atomic E-state index is 14.5. The summed E-state index contributed by atoms with van der Waals surface area (Å²) in [7, 11) is -7.27. The van der Waals surface area contributed by atoms with Gasteiger partial charge in [-0.3, -0.25) is 28.7 Å². The van der Waals surface area contributed by atoms with Crippen molar-refractivity contribution < 1.29 is 95.3 Å². The summed E-state index contributed by atoms with van der Waals surface area (Å²) in [5, 5.41) is 29.3. The van der Waals surface area contributed by atoms with E-state index in [1.807, 2.05) is 72.8 Å². The third kappa shape index (κ3) is 17.7. The second-order valence-electron chi connectivity index (χ2n) is 29.8. The Morgan fingerprint density at radius 2 is 1.01 bits per heavy atom. The number of benzene rings is 4. The largest absolute Gasteiger partial charge is 0.479 e. The molecule has 33 heteroatoms. The number of sulfonamides is 2. The number of nitrogens with one attached hydrogen (secondary N) is 5. The smallest absolute Gasteiger partial charge is 0.419 e. The Morgan fingerprint density at radius 3 is 1.42 bits per heavy atom. The van der Waals surface area contributed by atoms with Crippen molar-refractivity contribution in [1.29, 1.82) is 0 Å². The summed E-state index contributed by atoms with van der Waals surface area (Å²) in [6.07, 6.45) is 7.25. The molecule has 2 aromatic heterocycles. The number of aromatic nitrogens is 2. The van der Waals surface area contributed by atoms with Crippen LogP contribution in [0.4, 0.5) is 46.5 Å². The Hall–Kier alpha value is -9.50. The number of allylic oxidation sites excluding steroid dienone is 2. The van der Waals surface area contributed by atoms with Gasteiger partial charge in [0, 0.05) is 59.2 Å². The Bertz CT molecular complexity index is 4780. The van der Waals surface area contributed by atoms with Gasteiger partial charge < -0.3 is 45.6 Å². The van der Waals surface area contributed by atoms with Crippen LogP contribution in [-0.4, -0.2) is 147 Å². The van der Waals surface area contributed by atoms with Crippen LogP contribution in [0, 0.1) is 23.5 Å². The number of nitrogens with zero attached hydrogens (tertiary/aromatic N) is 4. The molecule has 0 unspecified atom stereocenters. The molecule has 5 amide bonds. The highest BCUT2D eigenvalue weighted by Gasteiger charge is 2.64. The second-order valence-corrected chi connectivity index (χ2v) is 34.0. The number of carbonyl (C=O) groups excluding carboxylic acids is 5. The molecule has 4 saturated carbocycles. The predicted molar refractivity (Wildman–Crippen MR) is 386 cm³/mol. The van der Waals surface area contributed by atoms with Crippen molar-refractivity contribution >= 4 is 88.5 Å². The Labute approximate surface area is 623 Å². The first-order valence-corrected chi connectivity index (χ1v) is 39.2. The van der Waals surface area contributed by atoms with E-state index < -0.39 is 159 Å². The van der Waals surface area contributed by atoms with Gasteiger partial charge >= 0.3 is 18.3 Å². The van der Waals surface area contributed by atoms with Crippen LogP contribution in [-0.2, 0) is 61.2 Å². The molecule has 2 saturated heterocycles. The summed E-state index contributed by atoms with van der Waals surface area (Å²) < 4.78 is 170. The van der Waals surface area contributed by atoms with Gasteiger partial charge in [0.05, 0.1) is 33.7 Å². The highest BCUT2D eigenvalue weighted by Crippen LogP contribution is 2.49. The highest BCUT2D eigenvalue weighted by atomic mass is 32.2. The number of alkyl halides is 6. The number of rotatable bonds is 13. The first-order chi connectivity index (χ1) is 51.5. The highest BCUT2D eigenvalue weighted by molar-refractivity contribution is 7.91. The quantitative estimate of drug-likeness (QED) is 0.0417. The van der Waals surface area contributed by atoms with Gasteiger partial charge in [-0.25, -0.2) is 45.5 Å². The first kappa shape index (κ1) is 79.1. The van der Waals surface area contributed by atoms with Gasteiger partial charge in [0.2, 0.25) is 55.4 Å². The van der Waals surface area contributed by atoms with Crippen molar-refractivity contribution in [1.82, 2.24) is 35.1 Å². The summed E-state index contributed by atoms with van der Waals surface area (Å²) in [5.41, 5.74) is -6.27. The summed E-state index contributed by atoms with van der Waals surface area (Å²) in [6.45, 7) is 3.06. The summed E-state index contributed by atoms with van der Waals surface area (Å²) >= 11 is 0. The number of carboxylic acid groups (broad SMARTS) is 1. The summed E-state index contributed by atoms with van der Waals surface area (Å²) in [6, 6.07) is 18.8. The Balaban J connectivity index is 0.000000185. The number of amides is 5. The van der Waals surface area contributed by atoms with Crippen LogP contribution >= 0.6 is 0 Å². The molecule has 4 aliphatic heterocycles. The number of aliphatic carboxylic acids is 1. The lowest BCUT2D eigenvalue weighted by Gasteiger charge is -2.30. The minimum Gasteiger partial charge on any atom is -0.479 e. The van der Waals surface area contributed by atoms with Crippen LogP contribution in [0.25, 0.3) is 21.5 Å². The second kappa shape index (κ2) is 31.1. The van der Waals surface area contributed by atoms with Gasteiger partial charge in [0.1, 0.15) is 59.1 Å². The molecule has 0 bridgehead atoms. The number of fused-ring (bicyclic) bond motifs is 6. The fraction of sp³-hybridized carbons (Fsp3) is 0.474. The zero-order valence-corrected chi connectivity index (χ0v) is 61.1. The van der Waals surface area contributed by atoms with Crippen molar-refractivity contribution in [3.63, 3.8) is 0 Å². The van der Waals surface area contributed by atoms with Gasteiger partial charge in [-0.1, -0.05) is 86.4 Å². The molecule has 0 radical (unpaired) electrons. The molecule has 6 aromatic rings.